The van der Waals surface area contributed by atoms with Crippen LogP contribution in [0.4, 0.5) is 0 Å². The molecule has 1 aromatic rings. The minimum atomic E-state index is -0.863. The Labute approximate surface area is 162 Å². The quantitative estimate of drug-likeness (QED) is 0.703. The van der Waals surface area contributed by atoms with Gasteiger partial charge in [-0.05, 0) is 26.0 Å². The van der Waals surface area contributed by atoms with Crippen molar-refractivity contribution in [3.8, 4) is 0 Å². The molecule has 0 aliphatic carbocycles. The molecule has 2 aliphatic heterocycles. The first-order chi connectivity index (χ1) is 12.7. The molecule has 0 radical (unpaired) electrons. The van der Waals surface area contributed by atoms with E-state index in [1.54, 1.807) is 13.8 Å². The second-order valence-electron chi connectivity index (χ2n) is 6.92. The van der Waals surface area contributed by atoms with Crippen LogP contribution < -0.4 is 0 Å². The predicted octanol–water partition coefficient (Wildman–Crippen LogP) is 2.52. The van der Waals surface area contributed by atoms with E-state index in [9.17, 15) is 9.59 Å². The van der Waals surface area contributed by atoms with Gasteiger partial charge in [0.25, 0.3) is 0 Å². The predicted molar refractivity (Wildman–Crippen MR) is 97.0 cm³/mol. The summed E-state index contributed by atoms with van der Waals surface area (Å²) in [6, 6.07) is 9.65. The van der Waals surface area contributed by atoms with E-state index in [4.69, 9.17) is 23.7 Å². The molecule has 0 aromatic heterocycles. The molecule has 2 fully saturated rings. The van der Waals surface area contributed by atoms with Crippen molar-refractivity contribution >= 4 is 23.7 Å². The highest BCUT2D eigenvalue weighted by molar-refractivity contribution is 7.99. The minimum absolute atomic E-state index is 0.0363. The molecular weight excluding hydrogens is 372 g/mol. The van der Waals surface area contributed by atoms with Crippen LogP contribution in [0.1, 0.15) is 27.7 Å². The average Bonchev–Trinajstić information content (AvgIpc) is 2.91. The molecule has 2 saturated heterocycles. The fraction of sp³-hybridized carbons (Fsp3) is 0.579. The van der Waals surface area contributed by atoms with Crippen LogP contribution in [0.15, 0.2) is 35.2 Å². The number of hydrogen-bond donors (Lipinski definition) is 0. The molecule has 148 valence electrons. The molecule has 5 atom stereocenters. The zero-order valence-electron chi connectivity index (χ0n) is 15.7. The summed E-state index contributed by atoms with van der Waals surface area (Å²) in [6.45, 7) is 6.31. The third-order valence-corrected chi connectivity index (χ3v) is 5.34. The lowest BCUT2D eigenvalue weighted by Crippen LogP contribution is -2.57. The first-order valence-electron chi connectivity index (χ1n) is 8.78. The third-order valence-electron chi connectivity index (χ3n) is 4.18. The molecule has 2 aliphatic rings. The molecule has 0 spiro atoms. The SMILES string of the molecule is CC(=O)OCC1OC(Sc2ccccc2)C(OC(C)=O)C2OC(C)(C)OC12. The first-order valence-corrected chi connectivity index (χ1v) is 9.66. The summed E-state index contributed by atoms with van der Waals surface area (Å²) < 4.78 is 28.9. The van der Waals surface area contributed by atoms with Gasteiger partial charge in [-0.3, -0.25) is 9.59 Å². The van der Waals surface area contributed by atoms with Gasteiger partial charge in [-0.2, -0.15) is 0 Å². The molecule has 8 heteroatoms. The van der Waals surface area contributed by atoms with Crippen LogP contribution in [0.3, 0.4) is 0 Å². The van der Waals surface area contributed by atoms with Gasteiger partial charge in [0.15, 0.2) is 11.9 Å². The maximum absolute atomic E-state index is 11.7. The van der Waals surface area contributed by atoms with E-state index in [1.807, 2.05) is 30.3 Å². The van der Waals surface area contributed by atoms with Crippen molar-refractivity contribution in [2.75, 3.05) is 6.61 Å². The highest BCUT2D eigenvalue weighted by Crippen LogP contribution is 2.43. The Morgan fingerprint density at radius 2 is 1.74 bits per heavy atom. The maximum Gasteiger partial charge on any atom is 0.303 e. The lowest BCUT2D eigenvalue weighted by atomic mass is 10.00. The van der Waals surface area contributed by atoms with Crippen LogP contribution in [-0.4, -0.2) is 54.2 Å². The molecule has 5 unspecified atom stereocenters. The minimum Gasteiger partial charge on any atom is -0.463 e. The van der Waals surface area contributed by atoms with Gasteiger partial charge in [0.2, 0.25) is 0 Å². The highest BCUT2D eigenvalue weighted by Gasteiger charge is 2.57. The van der Waals surface area contributed by atoms with Gasteiger partial charge in [-0.15, -0.1) is 0 Å². The molecule has 0 saturated carbocycles. The van der Waals surface area contributed by atoms with Crippen molar-refractivity contribution in [2.24, 2.45) is 0 Å². The molecule has 7 nitrogen and oxygen atoms in total. The number of benzene rings is 1. The first kappa shape index (κ1) is 20.1. The highest BCUT2D eigenvalue weighted by atomic mass is 32.2. The van der Waals surface area contributed by atoms with Crippen LogP contribution in [0.25, 0.3) is 0 Å². The van der Waals surface area contributed by atoms with Gasteiger partial charge in [0, 0.05) is 18.7 Å². The van der Waals surface area contributed by atoms with Crippen molar-refractivity contribution in [1.29, 1.82) is 0 Å². The van der Waals surface area contributed by atoms with Crippen molar-refractivity contribution in [3.63, 3.8) is 0 Å². The van der Waals surface area contributed by atoms with Crippen molar-refractivity contribution in [2.45, 2.75) is 68.2 Å². The van der Waals surface area contributed by atoms with Crippen LogP contribution in [-0.2, 0) is 33.3 Å². The lowest BCUT2D eigenvalue weighted by Gasteiger charge is -2.41. The van der Waals surface area contributed by atoms with Crippen LogP contribution >= 0.6 is 11.8 Å². The fourth-order valence-electron chi connectivity index (χ4n) is 3.22. The van der Waals surface area contributed by atoms with E-state index in [2.05, 4.69) is 0 Å². The molecular formula is C19H24O7S. The maximum atomic E-state index is 11.7. The average molecular weight is 396 g/mol. The fourth-order valence-corrected chi connectivity index (χ4v) is 4.34. The van der Waals surface area contributed by atoms with E-state index in [1.165, 1.54) is 25.6 Å². The molecule has 0 bridgehead atoms. The smallest absolute Gasteiger partial charge is 0.303 e. The van der Waals surface area contributed by atoms with Gasteiger partial charge in [-0.1, -0.05) is 30.0 Å². The largest absolute Gasteiger partial charge is 0.463 e. The zero-order chi connectivity index (χ0) is 19.6. The van der Waals surface area contributed by atoms with E-state index in [-0.39, 0.29) is 6.61 Å². The number of carbonyl (C=O) groups excluding carboxylic acids is 2. The van der Waals surface area contributed by atoms with Crippen LogP contribution in [0.2, 0.25) is 0 Å². The molecule has 0 amide bonds. The summed E-state index contributed by atoms with van der Waals surface area (Å²) in [6.07, 6.45) is -2.24. The van der Waals surface area contributed by atoms with Crippen molar-refractivity contribution in [3.05, 3.63) is 30.3 Å². The second-order valence-corrected chi connectivity index (χ2v) is 8.09. The summed E-state index contributed by atoms with van der Waals surface area (Å²) in [5.74, 6) is -1.69. The number of ether oxygens (including phenoxy) is 5. The van der Waals surface area contributed by atoms with E-state index >= 15 is 0 Å². The van der Waals surface area contributed by atoms with Gasteiger partial charge in [-0.25, -0.2) is 0 Å². The standard InChI is InChI=1S/C19H24O7S/c1-11(20)22-10-14-15-16(26-19(3,4)25-15)17(23-12(2)21)18(24-14)27-13-8-6-5-7-9-13/h5-9,14-18H,10H2,1-4H3. The summed E-state index contributed by atoms with van der Waals surface area (Å²) in [7, 11) is 0. The van der Waals surface area contributed by atoms with Gasteiger partial charge < -0.3 is 23.7 Å². The summed E-state index contributed by atoms with van der Waals surface area (Å²) >= 11 is 1.43. The molecule has 0 N–H and O–H groups in total. The Kier molecular flexibility index (Phi) is 6.10. The molecule has 3 rings (SSSR count). The Balaban J connectivity index is 1.86. The number of hydrogen-bond acceptors (Lipinski definition) is 8. The van der Waals surface area contributed by atoms with Gasteiger partial charge >= 0.3 is 11.9 Å². The Morgan fingerprint density at radius 3 is 2.37 bits per heavy atom. The third kappa shape index (κ3) is 5.01. The Morgan fingerprint density at radius 1 is 1.07 bits per heavy atom. The van der Waals surface area contributed by atoms with E-state index in [0.717, 1.165) is 4.90 Å². The van der Waals surface area contributed by atoms with E-state index in [0.29, 0.717) is 0 Å². The van der Waals surface area contributed by atoms with Crippen LogP contribution in [0.5, 0.6) is 0 Å². The Hall–Kier alpha value is -1.61. The van der Waals surface area contributed by atoms with Gasteiger partial charge in [0.05, 0.1) is 0 Å². The number of esters is 2. The topological polar surface area (TPSA) is 80.3 Å². The summed E-state index contributed by atoms with van der Waals surface area (Å²) in [5.41, 5.74) is -0.532. The van der Waals surface area contributed by atoms with Crippen molar-refractivity contribution < 1.29 is 33.3 Å². The van der Waals surface area contributed by atoms with Gasteiger partial charge in [0.1, 0.15) is 30.4 Å². The Bertz CT molecular complexity index is 678. The number of fused-ring (bicyclic) bond motifs is 1. The lowest BCUT2D eigenvalue weighted by molar-refractivity contribution is -0.195. The summed E-state index contributed by atoms with van der Waals surface area (Å²) in [5, 5.41) is 0. The summed E-state index contributed by atoms with van der Waals surface area (Å²) in [4.78, 5) is 23.9. The number of rotatable bonds is 5. The normalized spacial score (nSPS) is 31.8. The zero-order valence-corrected chi connectivity index (χ0v) is 16.6. The second kappa shape index (κ2) is 8.18. The molecule has 2 heterocycles. The number of carbonyl (C=O) groups is 2. The molecule has 1 aromatic carbocycles. The van der Waals surface area contributed by atoms with E-state index < -0.39 is 47.6 Å². The van der Waals surface area contributed by atoms with Crippen molar-refractivity contribution in [1.82, 2.24) is 0 Å². The monoisotopic (exact) mass is 396 g/mol. The van der Waals surface area contributed by atoms with Crippen LogP contribution in [0, 0.1) is 0 Å². The molecule has 27 heavy (non-hydrogen) atoms. The number of thioether (sulfide) groups is 1.